The van der Waals surface area contributed by atoms with Gasteiger partial charge in [-0.25, -0.2) is 0 Å². The molecule has 0 aliphatic carbocycles. The number of ether oxygens (including phenoxy) is 4. The molecule has 0 amide bonds. The van der Waals surface area contributed by atoms with Crippen LogP contribution in [0.3, 0.4) is 0 Å². The molecule has 0 saturated carbocycles. The van der Waals surface area contributed by atoms with Gasteiger partial charge in [0.2, 0.25) is 0 Å². The fourth-order valence-corrected chi connectivity index (χ4v) is 4.08. The van der Waals surface area contributed by atoms with Crippen LogP contribution in [0.15, 0.2) is 0 Å². The quantitative estimate of drug-likeness (QED) is 0.264. The van der Waals surface area contributed by atoms with Gasteiger partial charge in [-0.1, -0.05) is 55.4 Å². The van der Waals surface area contributed by atoms with Crippen molar-refractivity contribution in [3.8, 4) is 0 Å². The third-order valence-electron chi connectivity index (χ3n) is 4.99. The molecule has 0 rings (SSSR count). The SMILES string of the molecule is CC(CC(=O)OCC(C)OCC(C)OCC(C)OC(=O)CC(C)CC(C)(C)C)CC(C)(C)C. The summed E-state index contributed by atoms with van der Waals surface area (Å²) in [5.74, 6) is 0.216. The van der Waals surface area contributed by atoms with E-state index in [2.05, 4.69) is 55.4 Å². The van der Waals surface area contributed by atoms with E-state index in [-0.39, 0.29) is 53.6 Å². The minimum absolute atomic E-state index is 0.157. The summed E-state index contributed by atoms with van der Waals surface area (Å²) in [6, 6.07) is 0. The maximum Gasteiger partial charge on any atom is 0.306 e. The van der Waals surface area contributed by atoms with Gasteiger partial charge >= 0.3 is 11.9 Å². The molecule has 6 nitrogen and oxygen atoms in total. The molecule has 5 atom stereocenters. The van der Waals surface area contributed by atoms with Crippen molar-refractivity contribution in [3.05, 3.63) is 0 Å². The van der Waals surface area contributed by atoms with E-state index in [9.17, 15) is 9.59 Å². The van der Waals surface area contributed by atoms with E-state index < -0.39 is 0 Å². The normalized spacial score (nSPS) is 17.1. The lowest BCUT2D eigenvalue weighted by atomic mass is 9.84. The van der Waals surface area contributed by atoms with Crippen molar-refractivity contribution in [3.63, 3.8) is 0 Å². The summed E-state index contributed by atoms with van der Waals surface area (Å²) in [6.07, 6.45) is 2.13. The Morgan fingerprint density at radius 2 is 1.00 bits per heavy atom. The molecule has 0 spiro atoms. The zero-order valence-corrected chi connectivity index (χ0v) is 23.3. The summed E-state index contributed by atoms with van der Waals surface area (Å²) in [6.45, 7) is 23.8. The van der Waals surface area contributed by atoms with Gasteiger partial charge in [-0.3, -0.25) is 9.59 Å². The number of hydrogen-bond donors (Lipinski definition) is 0. The Hall–Kier alpha value is -1.14. The summed E-state index contributed by atoms with van der Waals surface area (Å²) in [5, 5.41) is 0. The molecule has 0 aliphatic heterocycles. The van der Waals surface area contributed by atoms with Crippen molar-refractivity contribution in [2.24, 2.45) is 22.7 Å². The van der Waals surface area contributed by atoms with Crippen molar-refractivity contribution in [2.45, 2.75) is 120 Å². The van der Waals surface area contributed by atoms with Gasteiger partial charge in [-0.2, -0.15) is 0 Å². The summed E-state index contributed by atoms with van der Waals surface area (Å²) in [4.78, 5) is 24.2. The van der Waals surface area contributed by atoms with Crippen LogP contribution in [0.25, 0.3) is 0 Å². The summed E-state index contributed by atoms with van der Waals surface area (Å²) in [7, 11) is 0. The van der Waals surface area contributed by atoms with Crippen LogP contribution in [0.1, 0.15) is 102 Å². The van der Waals surface area contributed by atoms with Crippen LogP contribution in [0, 0.1) is 22.7 Å². The average Bonchev–Trinajstić information content (AvgIpc) is 2.59. The lowest BCUT2D eigenvalue weighted by molar-refractivity contribution is -0.155. The van der Waals surface area contributed by atoms with Gasteiger partial charge in [0.15, 0.2) is 0 Å². The Labute approximate surface area is 203 Å². The zero-order chi connectivity index (χ0) is 25.8. The first kappa shape index (κ1) is 31.9. The Kier molecular flexibility index (Phi) is 14.5. The number of rotatable bonds is 15. The Morgan fingerprint density at radius 1 is 0.606 bits per heavy atom. The average molecular weight is 473 g/mol. The second kappa shape index (κ2) is 15.0. The molecule has 0 radical (unpaired) electrons. The number of esters is 2. The van der Waals surface area contributed by atoms with E-state index >= 15 is 0 Å². The minimum Gasteiger partial charge on any atom is -0.463 e. The topological polar surface area (TPSA) is 71.1 Å². The van der Waals surface area contributed by atoms with Crippen molar-refractivity contribution in [1.29, 1.82) is 0 Å². The maximum atomic E-state index is 12.1. The third-order valence-corrected chi connectivity index (χ3v) is 4.99. The predicted octanol–water partition coefficient (Wildman–Crippen LogP) is 6.20. The highest BCUT2D eigenvalue weighted by Gasteiger charge is 2.21. The van der Waals surface area contributed by atoms with Gasteiger partial charge in [0.05, 0.1) is 25.4 Å². The lowest BCUT2D eigenvalue weighted by Gasteiger charge is -2.24. The summed E-state index contributed by atoms with van der Waals surface area (Å²) in [5.41, 5.74) is 0.400. The molecule has 33 heavy (non-hydrogen) atoms. The van der Waals surface area contributed by atoms with E-state index in [0.717, 1.165) is 12.8 Å². The number of carbonyl (C=O) groups is 2. The molecule has 196 valence electrons. The Balaban J connectivity index is 4.03. The predicted molar refractivity (Wildman–Crippen MR) is 133 cm³/mol. The maximum absolute atomic E-state index is 12.1. The second-order valence-electron chi connectivity index (χ2n) is 12.4. The van der Waals surface area contributed by atoms with Crippen molar-refractivity contribution in [2.75, 3.05) is 19.8 Å². The minimum atomic E-state index is -0.310. The second-order valence-corrected chi connectivity index (χ2v) is 12.4. The molecule has 0 aromatic heterocycles. The molecule has 0 bridgehead atoms. The van der Waals surface area contributed by atoms with Crippen LogP contribution in [0.2, 0.25) is 0 Å². The van der Waals surface area contributed by atoms with Crippen LogP contribution in [0.4, 0.5) is 0 Å². The highest BCUT2D eigenvalue weighted by Crippen LogP contribution is 2.27. The zero-order valence-electron chi connectivity index (χ0n) is 23.3. The first-order chi connectivity index (χ1) is 15.0. The molecule has 0 saturated heterocycles. The van der Waals surface area contributed by atoms with Crippen molar-refractivity contribution >= 4 is 11.9 Å². The van der Waals surface area contributed by atoms with Crippen molar-refractivity contribution in [1.82, 2.24) is 0 Å². The van der Waals surface area contributed by atoms with Crippen LogP contribution < -0.4 is 0 Å². The van der Waals surface area contributed by atoms with Gasteiger partial charge in [-0.05, 0) is 56.3 Å². The standard InChI is InChI=1S/C27H52O6/c1-19(14-26(6,7)8)12-24(28)32-17-22(4)30-16-21(3)31-18-23(5)33-25(29)13-20(2)15-27(9,10)11/h19-23H,12-18H2,1-11H3. The van der Waals surface area contributed by atoms with Crippen molar-refractivity contribution < 1.29 is 28.5 Å². The molecule has 0 aromatic carbocycles. The first-order valence-electron chi connectivity index (χ1n) is 12.5. The van der Waals surface area contributed by atoms with Gasteiger partial charge in [0.1, 0.15) is 12.7 Å². The molecule has 6 heteroatoms. The molecule has 5 unspecified atom stereocenters. The lowest BCUT2D eigenvalue weighted by Crippen LogP contribution is -2.28. The molecular weight excluding hydrogens is 420 g/mol. The van der Waals surface area contributed by atoms with E-state index in [4.69, 9.17) is 18.9 Å². The van der Waals surface area contributed by atoms with Gasteiger partial charge < -0.3 is 18.9 Å². The van der Waals surface area contributed by atoms with Gasteiger partial charge in [0, 0.05) is 12.8 Å². The van der Waals surface area contributed by atoms with Crippen LogP contribution in [-0.4, -0.2) is 50.1 Å². The fourth-order valence-electron chi connectivity index (χ4n) is 4.08. The van der Waals surface area contributed by atoms with E-state index in [0.29, 0.717) is 32.0 Å². The Bertz CT molecular complexity index is 560. The van der Waals surface area contributed by atoms with Crippen LogP contribution in [-0.2, 0) is 28.5 Å². The molecule has 0 aromatic rings. The van der Waals surface area contributed by atoms with Crippen LogP contribution in [0.5, 0.6) is 0 Å². The summed E-state index contributed by atoms with van der Waals surface area (Å²) < 4.78 is 22.3. The molecule has 0 aliphatic rings. The van der Waals surface area contributed by atoms with Gasteiger partial charge in [0.25, 0.3) is 0 Å². The van der Waals surface area contributed by atoms with E-state index in [1.165, 1.54) is 0 Å². The third kappa shape index (κ3) is 20.0. The highest BCUT2D eigenvalue weighted by molar-refractivity contribution is 5.70. The molecular formula is C27H52O6. The molecule has 0 heterocycles. The van der Waals surface area contributed by atoms with E-state index in [1.54, 1.807) is 0 Å². The molecule has 0 N–H and O–H groups in total. The van der Waals surface area contributed by atoms with Crippen LogP contribution >= 0.6 is 0 Å². The highest BCUT2D eigenvalue weighted by atomic mass is 16.6. The largest absolute Gasteiger partial charge is 0.463 e. The number of hydrogen-bond acceptors (Lipinski definition) is 6. The fraction of sp³-hybridized carbons (Fsp3) is 0.926. The van der Waals surface area contributed by atoms with Gasteiger partial charge in [-0.15, -0.1) is 0 Å². The molecule has 0 fully saturated rings. The number of carbonyl (C=O) groups excluding carboxylic acids is 2. The van der Waals surface area contributed by atoms with E-state index in [1.807, 2.05) is 20.8 Å². The summed E-state index contributed by atoms with van der Waals surface area (Å²) >= 11 is 0. The Morgan fingerprint density at radius 3 is 1.45 bits per heavy atom. The smallest absolute Gasteiger partial charge is 0.306 e. The monoisotopic (exact) mass is 472 g/mol. The first-order valence-corrected chi connectivity index (χ1v) is 12.5.